The molecule has 13 heavy (non-hydrogen) atoms. The Balaban J connectivity index is 2.45. The fourth-order valence-electron chi connectivity index (χ4n) is 1.90. The number of likely N-dealkylation sites (tertiary alicyclic amines) is 1. The third kappa shape index (κ3) is 3.19. The number of carbonyl (C=O) groups is 1. The molecule has 1 N–H and O–H groups in total. The molecule has 0 spiro atoms. The van der Waals surface area contributed by atoms with E-state index in [9.17, 15) is 4.79 Å². The Kier molecular flexibility index (Phi) is 3.96. The Bertz CT molecular complexity index is 191. The van der Waals surface area contributed by atoms with E-state index in [-0.39, 0.29) is 12.5 Å². The zero-order valence-electron chi connectivity index (χ0n) is 7.91. The fraction of sp³-hybridized carbons (Fsp3) is 0.700. The molecule has 1 aliphatic rings. The van der Waals surface area contributed by atoms with Crippen molar-refractivity contribution in [2.24, 2.45) is 0 Å². The molecule has 74 valence electrons. The average Bonchev–Trinajstić information content (AvgIpc) is 2.08. The summed E-state index contributed by atoms with van der Waals surface area (Å²) in [4.78, 5) is 12.8. The number of nitrogens with zero attached hydrogens (tertiary/aromatic N) is 1. The van der Waals surface area contributed by atoms with Crippen LogP contribution in [-0.2, 0) is 4.79 Å². The first kappa shape index (κ1) is 10.3. The van der Waals surface area contributed by atoms with Gasteiger partial charge in [-0.15, -0.1) is 6.58 Å². The molecule has 3 heteroatoms. The summed E-state index contributed by atoms with van der Waals surface area (Å²) in [7, 11) is 0. The van der Waals surface area contributed by atoms with Crippen LogP contribution >= 0.6 is 0 Å². The van der Waals surface area contributed by atoms with Gasteiger partial charge in [0, 0.05) is 12.6 Å². The van der Waals surface area contributed by atoms with Crippen LogP contribution in [0.25, 0.3) is 0 Å². The quantitative estimate of drug-likeness (QED) is 0.671. The van der Waals surface area contributed by atoms with Gasteiger partial charge in [-0.1, -0.05) is 12.5 Å². The van der Waals surface area contributed by atoms with Crippen molar-refractivity contribution in [1.29, 1.82) is 0 Å². The molecule has 1 aliphatic heterocycles. The molecule has 3 nitrogen and oxygen atoms in total. The van der Waals surface area contributed by atoms with Crippen molar-refractivity contribution in [3.63, 3.8) is 0 Å². The Hall–Kier alpha value is -0.830. The van der Waals surface area contributed by atoms with Crippen LogP contribution < -0.4 is 0 Å². The highest BCUT2D eigenvalue weighted by Crippen LogP contribution is 2.19. The van der Waals surface area contributed by atoms with Gasteiger partial charge in [-0.3, -0.25) is 9.69 Å². The summed E-state index contributed by atoms with van der Waals surface area (Å²) in [5.41, 5.74) is 0. The van der Waals surface area contributed by atoms with Crippen molar-refractivity contribution < 1.29 is 9.90 Å². The molecule has 1 fully saturated rings. The number of carboxylic acid groups (broad SMARTS) is 1. The summed E-state index contributed by atoms with van der Waals surface area (Å²) in [5.74, 6) is -0.694. The first-order valence-corrected chi connectivity index (χ1v) is 4.80. The van der Waals surface area contributed by atoms with E-state index < -0.39 is 5.97 Å². The molecule has 1 heterocycles. The topological polar surface area (TPSA) is 40.5 Å². The highest BCUT2D eigenvalue weighted by atomic mass is 16.4. The Morgan fingerprint density at radius 3 is 3.00 bits per heavy atom. The van der Waals surface area contributed by atoms with E-state index in [4.69, 9.17) is 5.11 Å². The Labute approximate surface area is 79.0 Å². The van der Waals surface area contributed by atoms with Gasteiger partial charge >= 0.3 is 5.97 Å². The van der Waals surface area contributed by atoms with E-state index >= 15 is 0 Å². The zero-order chi connectivity index (χ0) is 9.68. The van der Waals surface area contributed by atoms with Crippen molar-refractivity contribution in [2.45, 2.75) is 31.7 Å². The predicted molar refractivity (Wildman–Crippen MR) is 51.7 cm³/mol. The second-order valence-corrected chi connectivity index (χ2v) is 3.53. The van der Waals surface area contributed by atoms with Gasteiger partial charge in [-0.25, -0.2) is 0 Å². The number of carboxylic acids is 1. The molecule has 0 aliphatic carbocycles. The van der Waals surface area contributed by atoms with Crippen LogP contribution in [0.2, 0.25) is 0 Å². The van der Waals surface area contributed by atoms with Crippen molar-refractivity contribution in [2.75, 3.05) is 13.1 Å². The lowest BCUT2D eigenvalue weighted by molar-refractivity contribution is -0.138. The zero-order valence-corrected chi connectivity index (χ0v) is 7.91. The van der Waals surface area contributed by atoms with E-state index in [0.717, 1.165) is 25.9 Å². The molecule has 0 saturated carbocycles. The molecule has 1 saturated heterocycles. The lowest BCUT2D eigenvalue weighted by Crippen LogP contribution is -2.40. The minimum Gasteiger partial charge on any atom is -0.481 e. The van der Waals surface area contributed by atoms with Crippen LogP contribution in [-0.4, -0.2) is 35.1 Å². The molecule has 0 aromatic heterocycles. The molecule has 0 aromatic carbocycles. The summed E-state index contributed by atoms with van der Waals surface area (Å²) in [5, 5.41) is 8.70. The minimum atomic E-state index is -0.694. The van der Waals surface area contributed by atoms with E-state index in [1.165, 1.54) is 6.42 Å². The van der Waals surface area contributed by atoms with Gasteiger partial charge < -0.3 is 5.11 Å². The maximum atomic E-state index is 10.6. The Morgan fingerprint density at radius 1 is 1.62 bits per heavy atom. The molecule has 0 bridgehead atoms. The van der Waals surface area contributed by atoms with Gasteiger partial charge in [0.15, 0.2) is 0 Å². The van der Waals surface area contributed by atoms with Gasteiger partial charge in [0.2, 0.25) is 0 Å². The summed E-state index contributed by atoms with van der Waals surface area (Å²) in [6, 6.07) is 0.226. The molecule has 0 aromatic rings. The van der Waals surface area contributed by atoms with Gasteiger partial charge in [-0.05, 0) is 19.4 Å². The van der Waals surface area contributed by atoms with Gasteiger partial charge in [0.25, 0.3) is 0 Å². The van der Waals surface area contributed by atoms with Crippen molar-refractivity contribution in [1.82, 2.24) is 4.90 Å². The van der Waals surface area contributed by atoms with Crippen LogP contribution in [0.4, 0.5) is 0 Å². The molecule has 1 rings (SSSR count). The monoisotopic (exact) mass is 183 g/mol. The Morgan fingerprint density at radius 2 is 2.38 bits per heavy atom. The summed E-state index contributed by atoms with van der Waals surface area (Å²) in [6.45, 7) is 5.51. The lowest BCUT2D eigenvalue weighted by atomic mass is 9.99. The van der Waals surface area contributed by atoms with Crippen LogP contribution in [0.3, 0.4) is 0 Å². The maximum absolute atomic E-state index is 10.6. The minimum absolute atomic E-state index is 0.226. The SMILES string of the molecule is C=CCN1CCCCC1CC(=O)O. The first-order chi connectivity index (χ1) is 6.24. The van der Waals surface area contributed by atoms with Gasteiger partial charge in [-0.2, -0.15) is 0 Å². The number of hydrogen-bond donors (Lipinski definition) is 1. The summed E-state index contributed by atoms with van der Waals surface area (Å²) in [6.07, 6.45) is 5.48. The number of piperidine rings is 1. The molecule has 0 radical (unpaired) electrons. The van der Waals surface area contributed by atoms with E-state index in [1.54, 1.807) is 0 Å². The number of aliphatic carboxylic acids is 1. The van der Waals surface area contributed by atoms with E-state index in [0.29, 0.717) is 0 Å². The van der Waals surface area contributed by atoms with E-state index in [1.807, 2.05) is 6.08 Å². The molecule has 1 unspecified atom stereocenters. The van der Waals surface area contributed by atoms with Crippen LogP contribution in [0.15, 0.2) is 12.7 Å². The van der Waals surface area contributed by atoms with E-state index in [2.05, 4.69) is 11.5 Å². The average molecular weight is 183 g/mol. The highest BCUT2D eigenvalue weighted by Gasteiger charge is 2.23. The fourth-order valence-corrected chi connectivity index (χ4v) is 1.90. The van der Waals surface area contributed by atoms with Crippen LogP contribution in [0, 0.1) is 0 Å². The second kappa shape index (κ2) is 5.02. The molecule has 1 atom stereocenters. The van der Waals surface area contributed by atoms with Crippen LogP contribution in [0.1, 0.15) is 25.7 Å². The molecular weight excluding hydrogens is 166 g/mol. The third-order valence-corrected chi connectivity index (χ3v) is 2.52. The molecule has 0 amide bonds. The van der Waals surface area contributed by atoms with Crippen molar-refractivity contribution >= 4 is 5.97 Å². The standard InChI is InChI=1S/C10H17NO2/c1-2-6-11-7-4-3-5-9(11)8-10(12)13/h2,9H,1,3-8H2,(H,12,13). The predicted octanol–water partition coefficient (Wildman–Crippen LogP) is 1.50. The van der Waals surface area contributed by atoms with Gasteiger partial charge in [0.1, 0.15) is 0 Å². The normalized spacial score (nSPS) is 24.2. The summed E-state index contributed by atoms with van der Waals surface area (Å²) < 4.78 is 0. The smallest absolute Gasteiger partial charge is 0.304 e. The number of rotatable bonds is 4. The van der Waals surface area contributed by atoms with Crippen LogP contribution in [0.5, 0.6) is 0 Å². The summed E-state index contributed by atoms with van der Waals surface area (Å²) >= 11 is 0. The highest BCUT2D eigenvalue weighted by molar-refractivity contribution is 5.67. The first-order valence-electron chi connectivity index (χ1n) is 4.80. The second-order valence-electron chi connectivity index (χ2n) is 3.53. The van der Waals surface area contributed by atoms with Gasteiger partial charge in [0.05, 0.1) is 6.42 Å². The maximum Gasteiger partial charge on any atom is 0.304 e. The number of hydrogen-bond acceptors (Lipinski definition) is 2. The van der Waals surface area contributed by atoms with Crippen molar-refractivity contribution in [3.05, 3.63) is 12.7 Å². The lowest BCUT2D eigenvalue weighted by Gasteiger charge is -2.33. The third-order valence-electron chi connectivity index (χ3n) is 2.52. The largest absolute Gasteiger partial charge is 0.481 e. The molecular formula is C10H17NO2. The van der Waals surface area contributed by atoms with Crippen molar-refractivity contribution in [3.8, 4) is 0 Å².